The average Bonchev–Trinajstić information content (AvgIpc) is 3.15. The van der Waals surface area contributed by atoms with E-state index in [4.69, 9.17) is 9.47 Å². The molecule has 0 spiro atoms. The molecule has 0 aliphatic carbocycles. The van der Waals surface area contributed by atoms with Gasteiger partial charge in [0.1, 0.15) is 12.4 Å². The Bertz CT molecular complexity index is 1200. The summed E-state index contributed by atoms with van der Waals surface area (Å²) in [6, 6.07) is 20.7. The second-order valence-corrected chi connectivity index (χ2v) is 10.3. The fourth-order valence-corrected chi connectivity index (χ4v) is 5.18. The van der Waals surface area contributed by atoms with Gasteiger partial charge in [-0.3, -0.25) is 14.7 Å². The van der Waals surface area contributed by atoms with Crippen LogP contribution in [0.15, 0.2) is 66.9 Å². The standard InChI is InChI=1S/C31H38N4O3/c1-33-12-5-13-35(15-14-33)31(36)27-9-10-30-28(22-27)21-25-6-4-7-26(20-25)23-34(16-17-37-18-19-38-30)24-29-8-2-3-11-32-29/h2-4,6-11,20,22H,5,12-19,21,23-24H2,1H3. The first-order valence-corrected chi connectivity index (χ1v) is 13.7. The molecular weight excluding hydrogens is 476 g/mol. The molecule has 2 aliphatic rings. The monoisotopic (exact) mass is 514 g/mol. The molecule has 1 aromatic heterocycles. The molecule has 2 aromatic carbocycles. The molecule has 7 nitrogen and oxygen atoms in total. The topological polar surface area (TPSA) is 58.1 Å². The van der Waals surface area contributed by atoms with E-state index in [9.17, 15) is 4.79 Å². The summed E-state index contributed by atoms with van der Waals surface area (Å²) in [4.78, 5) is 24.6. The first-order chi connectivity index (χ1) is 18.6. The molecule has 0 N–H and O–H groups in total. The van der Waals surface area contributed by atoms with Gasteiger partial charge >= 0.3 is 0 Å². The number of amides is 1. The number of rotatable bonds is 3. The van der Waals surface area contributed by atoms with Crippen LogP contribution in [0, 0.1) is 0 Å². The highest BCUT2D eigenvalue weighted by Gasteiger charge is 2.20. The lowest BCUT2D eigenvalue weighted by Crippen LogP contribution is -2.34. The Morgan fingerprint density at radius 3 is 2.71 bits per heavy atom. The normalized spacial score (nSPS) is 18.1. The number of benzene rings is 2. The van der Waals surface area contributed by atoms with Crippen LogP contribution < -0.4 is 4.74 Å². The van der Waals surface area contributed by atoms with Gasteiger partial charge in [0.15, 0.2) is 0 Å². The van der Waals surface area contributed by atoms with E-state index in [1.165, 1.54) is 11.1 Å². The molecular formula is C31H38N4O3. The number of hydrogen-bond acceptors (Lipinski definition) is 6. The third-order valence-corrected chi connectivity index (χ3v) is 7.26. The molecule has 5 rings (SSSR count). The molecule has 0 radical (unpaired) electrons. The fourth-order valence-electron chi connectivity index (χ4n) is 5.18. The maximum Gasteiger partial charge on any atom is 0.253 e. The number of likely N-dealkylation sites (N-methyl/N-ethyl adjacent to an activating group) is 1. The summed E-state index contributed by atoms with van der Waals surface area (Å²) >= 11 is 0. The van der Waals surface area contributed by atoms with Crippen LogP contribution in [0.25, 0.3) is 0 Å². The van der Waals surface area contributed by atoms with Crippen LogP contribution in [0.2, 0.25) is 0 Å². The van der Waals surface area contributed by atoms with Gasteiger partial charge < -0.3 is 19.3 Å². The average molecular weight is 515 g/mol. The van der Waals surface area contributed by atoms with Crippen LogP contribution in [0.4, 0.5) is 0 Å². The molecule has 38 heavy (non-hydrogen) atoms. The van der Waals surface area contributed by atoms with Crippen molar-refractivity contribution in [1.82, 2.24) is 19.7 Å². The van der Waals surface area contributed by atoms with Crippen LogP contribution in [0.5, 0.6) is 5.75 Å². The lowest BCUT2D eigenvalue weighted by molar-refractivity contribution is 0.0749. The summed E-state index contributed by atoms with van der Waals surface area (Å²) in [6.07, 6.45) is 3.55. The highest BCUT2D eigenvalue weighted by atomic mass is 16.5. The van der Waals surface area contributed by atoms with Crippen molar-refractivity contribution in [3.05, 3.63) is 94.8 Å². The summed E-state index contributed by atoms with van der Waals surface area (Å²) in [5, 5.41) is 0. The smallest absolute Gasteiger partial charge is 0.253 e. The Morgan fingerprint density at radius 2 is 1.82 bits per heavy atom. The van der Waals surface area contributed by atoms with Crippen LogP contribution in [-0.2, 0) is 24.2 Å². The Labute approximate surface area is 226 Å². The molecule has 2 bridgehead atoms. The van der Waals surface area contributed by atoms with Gasteiger partial charge in [-0.1, -0.05) is 30.3 Å². The summed E-state index contributed by atoms with van der Waals surface area (Å²) in [5.41, 5.74) is 5.27. The number of carbonyl (C=O) groups is 1. The lowest BCUT2D eigenvalue weighted by Gasteiger charge is -2.23. The summed E-state index contributed by atoms with van der Waals surface area (Å²) < 4.78 is 12.1. The van der Waals surface area contributed by atoms with E-state index >= 15 is 0 Å². The van der Waals surface area contributed by atoms with Gasteiger partial charge in [0.2, 0.25) is 0 Å². The second-order valence-electron chi connectivity index (χ2n) is 10.3. The third kappa shape index (κ3) is 7.19. The molecule has 0 saturated carbocycles. The maximum atomic E-state index is 13.4. The highest BCUT2D eigenvalue weighted by Crippen LogP contribution is 2.25. The van der Waals surface area contributed by atoms with Crippen molar-refractivity contribution < 1.29 is 14.3 Å². The van der Waals surface area contributed by atoms with Crippen LogP contribution >= 0.6 is 0 Å². The molecule has 7 heteroatoms. The molecule has 3 heterocycles. The van der Waals surface area contributed by atoms with Crippen molar-refractivity contribution in [2.75, 3.05) is 59.6 Å². The minimum atomic E-state index is 0.102. The second kappa shape index (κ2) is 13.0. The molecule has 0 unspecified atom stereocenters. The first-order valence-electron chi connectivity index (χ1n) is 13.7. The molecule has 0 atom stereocenters. The van der Waals surface area contributed by atoms with E-state index in [1.54, 1.807) is 0 Å². The zero-order valence-electron chi connectivity index (χ0n) is 22.3. The quantitative estimate of drug-likeness (QED) is 0.529. The Hall–Kier alpha value is -3.26. The number of aromatic nitrogens is 1. The Morgan fingerprint density at radius 1 is 0.895 bits per heavy atom. The molecule has 1 amide bonds. The van der Waals surface area contributed by atoms with Crippen molar-refractivity contribution >= 4 is 5.91 Å². The third-order valence-electron chi connectivity index (χ3n) is 7.26. The highest BCUT2D eigenvalue weighted by molar-refractivity contribution is 5.94. The largest absolute Gasteiger partial charge is 0.491 e. The molecule has 1 saturated heterocycles. The minimum Gasteiger partial charge on any atom is -0.491 e. The van der Waals surface area contributed by atoms with E-state index in [2.05, 4.69) is 52.2 Å². The summed E-state index contributed by atoms with van der Waals surface area (Å²) in [6.45, 7) is 7.51. The first kappa shape index (κ1) is 26.4. The molecule has 200 valence electrons. The van der Waals surface area contributed by atoms with E-state index in [0.29, 0.717) is 26.2 Å². The maximum absolute atomic E-state index is 13.4. The van der Waals surface area contributed by atoms with Gasteiger partial charge in [0.05, 0.1) is 18.9 Å². The van der Waals surface area contributed by atoms with Gasteiger partial charge in [-0.25, -0.2) is 0 Å². The molecule has 1 fully saturated rings. The molecule has 2 aliphatic heterocycles. The SMILES string of the molecule is CN1CCCN(C(=O)c2ccc3c(c2)Cc2cccc(c2)CN(Cc2ccccn2)CCOCCO3)CC1. The Balaban J connectivity index is 1.37. The molecule has 3 aromatic rings. The number of ether oxygens (including phenoxy) is 2. The predicted molar refractivity (Wildman–Crippen MR) is 148 cm³/mol. The van der Waals surface area contributed by atoms with Crippen molar-refractivity contribution in [3.8, 4) is 5.75 Å². The number of nitrogens with zero attached hydrogens (tertiary/aromatic N) is 4. The predicted octanol–water partition coefficient (Wildman–Crippen LogP) is 3.86. The van der Waals surface area contributed by atoms with Crippen LogP contribution in [0.3, 0.4) is 0 Å². The van der Waals surface area contributed by atoms with E-state index in [0.717, 1.165) is 74.8 Å². The fraction of sp³-hybridized carbons (Fsp3) is 0.419. The van der Waals surface area contributed by atoms with E-state index in [-0.39, 0.29) is 5.91 Å². The van der Waals surface area contributed by atoms with Gasteiger partial charge in [-0.2, -0.15) is 0 Å². The zero-order chi connectivity index (χ0) is 26.2. The van der Waals surface area contributed by atoms with E-state index < -0.39 is 0 Å². The van der Waals surface area contributed by atoms with Gasteiger partial charge in [-0.05, 0) is 67.0 Å². The van der Waals surface area contributed by atoms with Gasteiger partial charge in [0.25, 0.3) is 5.91 Å². The minimum absolute atomic E-state index is 0.102. The number of carbonyl (C=O) groups excluding carboxylic acids is 1. The van der Waals surface area contributed by atoms with Gasteiger partial charge in [0, 0.05) is 57.4 Å². The van der Waals surface area contributed by atoms with Crippen LogP contribution in [0.1, 0.15) is 39.2 Å². The van der Waals surface area contributed by atoms with Crippen molar-refractivity contribution in [2.24, 2.45) is 0 Å². The van der Waals surface area contributed by atoms with E-state index in [1.807, 2.05) is 41.4 Å². The summed E-state index contributed by atoms with van der Waals surface area (Å²) in [7, 11) is 2.12. The summed E-state index contributed by atoms with van der Waals surface area (Å²) in [5.74, 6) is 0.921. The number of pyridine rings is 1. The zero-order valence-corrected chi connectivity index (χ0v) is 22.3. The van der Waals surface area contributed by atoms with Crippen molar-refractivity contribution in [3.63, 3.8) is 0 Å². The lowest BCUT2D eigenvalue weighted by atomic mass is 9.99. The van der Waals surface area contributed by atoms with Crippen molar-refractivity contribution in [1.29, 1.82) is 0 Å². The Kier molecular flexibility index (Phi) is 9.02. The van der Waals surface area contributed by atoms with Gasteiger partial charge in [-0.15, -0.1) is 0 Å². The number of hydrogen-bond donors (Lipinski definition) is 0. The van der Waals surface area contributed by atoms with Crippen molar-refractivity contribution in [2.45, 2.75) is 25.9 Å². The number of fused-ring (bicyclic) bond motifs is 3. The van der Waals surface area contributed by atoms with Crippen LogP contribution in [-0.4, -0.2) is 85.2 Å².